The van der Waals surface area contributed by atoms with E-state index in [1.165, 1.54) is 6.07 Å². The van der Waals surface area contributed by atoms with Gasteiger partial charge in [-0.1, -0.05) is 6.07 Å². The Labute approximate surface area is 127 Å². The lowest BCUT2D eigenvalue weighted by molar-refractivity contribution is -0.133. The summed E-state index contributed by atoms with van der Waals surface area (Å²) in [6.45, 7) is 1.13. The van der Waals surface area contributed by atoms with Crippen molar-refractivity contribution in [1.82, 2.24) is 9.88 Å². The minimum Gasteiger partial charge on any atom is -0.342 e. The second kappa shape index (κ2) is 5.82. The van der Waals surface area contributed by atoms with E-state index in [0.29, 0.717) is 25.9 Å². The van der Waals surface area contributed by atoms with Gasteiger partial charge < -0.3 is 9.88 Å². The van der Waals surface area contributed by atoms with Crippen molar-refractivity contribution in [2.75, 3.05) is 13.1 Å². The van der Waals surface area contributed by atoms with Gasteiger partial charge in [-0.15, -0.1) is 0 Å². The molecule has 22 heavy (non-hydrogen) atoms. The number of carbonyl (C=O) groups excluding carboxylic acids is 1. The van der Waals surface area contributed by atoms with Gasteiger partial charge in [0.1, 0.15) is 0 Å². The number of pyridine rings is 1. The fourth-order valence-corrected chi connectivity index (χ4v) is 3.32. The maximum atomic E-state index is 13.2. The fourth-order valence-electron chi connectivity index (χ4n) is 3.32. The van der Waals surface area contributed by atoms with E-state index in [9.17, 15) is 18.4 Å². The zero-order valence-electron chi connectivity index (χ0n) is 12.4. The molecule has 0 spiro atoms. The van der Waals surface area contributed by atoms with Crippen molar-refractivity contribution in [3.63, 3.8) is 0 Å². The zero-order chi connectivity index (χ0) is 15.7. The predicted octanol–water partition coefficient (Wildman–Crippen LogP) is 2.20. The molecule has 1 aliphatic heterocycles. The topological polar surface area (TPSA) is 53.2 Å². The Bertz CT molecular complexity index is 594. The minimum atomic E-state index is -2.51. The first-order valence-corrected chi connectivity index (χ1v) is 7.79. The lowest BCUT2D eigenvalue weighted by Crippen LogP contribution is -2.41. The number of halogens is 2. The van der Waals surface area contributed by atoms with Crippen LogP contribution in [0.1, 0.15) is 31.2 Å². The minimum absolute atomic E-state index is 0.0138. The number of aromatic nitrogens is 1. The number of rotatable bonds is 4. The molecule has 1 N–H and O–H groups in total. The van der Waals surface area contributed by atoms with Crippen LogP contribution < -0.4 is 5.56 Å². The van der Waals surface area contributed by atoms with Crippen LogP contribution in [0.15, 0.2) is 23.1 Å². The van der Waals surface area contributed by atoms with Crippen LogP contribution in [0, 0.1) is 11.8 Å². The number of aryl methyl sites for hydroxylation is 1. The molecule has 120 valence electrons. The van der Waals surface area contributed by atoms with Crippen LogP contribution in [0.25, 0.3) is 0 Å². The molecule has 0 bridgehead atoms. The van der Waals surface area contributed by atoms with Gasteiger partial charge in [0.15, 0.2) is 0 Å². The first-order valence-electron chi connectivity index (χ1n) is 7.79. The number of likely N-dealkylation sites (tertiary alicyclic amines) is 1. The molecule has 6 heteroatoms. The van der Waals surface area contributed by atoms with E-state index in [2.05, 4.69) is 4.98 Å². The molecule has 1 saturated heterocycles. The highest BCUT2D eigenvalue weighted by atomic mass is 19.3. The number of nitrogens with zero attached hydrogens (tertiary/aromatic N) is 1. The summed E-state index contributed by atoms with van der Waals surface area (Å²) in [6, 6.07) is 3.14. The molecule has 1 aromatic heterocycles. The summed E-state index contributed by atoms with van der Waals surface area (Å²) in [5, 5.41) is 0. The number of piperidine rings is 1. The van der Waals surface area contributed by atoms with Gasteiger partial charge in [-0.05, 0) is 30.7 Å². The number of hydrogen-bond donors (Lipinski definition) is 1. The molecule has 2 aliphatic rings. The van der Waals surface area contributed by atoms with Crippen LogP contribution in [0.2, 0.25) is 0 Å². The van der Waals surface area contributed by atoms with E-state index in [-0.39, 0.29) is 23.8 Å². The van der Waals surface area contributed by atoms with Gasteiger partial charge in [0.2, 0.25) is 11.5 Å². The molecule has 2 unspecified atom stereocenters. The first kappa shape index (κ1) is 15.2. The average Bonchev–Trinajstić information content (AvgIpc) is 3.15. The van der Waals surface area contributed by atoms with Crippen LogP contribution in [-0.2, 0) is 11.2 Å². The Morgan fingerprint density at radius 3 is 2.82 bits per heavy atom. The third kappa shape index (κ3) is 3.36. The van der Waals surface area contributed by atoms with E-state index < -0.39 is 11.8 Å². The molecule has 2 heterocycles. The van der Waals surface area contributed by atoms with Gasteiger partial charge >= 0.3 is 0 Å². The molecule has 2 fully saturated rings. The molecule has 3 rings (SSSR count). The molecule has 0 aromatic carbocycles. The quantitative estimate of drug-likeness (QED) is 0.927. The van der Waals surface area contributed by atoms with Crippen LogP contribution in [-0.4, -0.2) is 34.8 Å². The van der Waals surface area contributed by atoms with Crippen molar-refractivity contribution in [3.8, 4) is 0 Å². The summed E-state index contributed by atoms with van der Waals surface area (Å²) >= 11 is 0. The number of aromatic amines is 1. The SMILES string of the molecule is O=C(CCc1ccc(=O)[nH]c1)N1CCCC(C2CC2(F)F)C1. The molecular weight excluding hydrogens is 290 g/mol. The highest BCUT2D eigenvalue weighted by Crippen LogP contribution is 2.54. The maximum absolute atomic E-state index is 13.2. The molecule has 0 radical (unpaired) electrons. The van der Waals surface area contributed by atoms with Crippen LogP contribution in [0.4, 0.5) is 8.78 Å². The summed E-state index contributed by atoms with van der Waals surface area (Å²) in [6.07, 6.45) is 4.10. The van der Waals surface area contributed by atoms with Gasteiger partial charge in [-0.2, -0.15) is 0 Å². The molecule has 1 aromatic rings. The number of amides is 1. The average molecular weight is 310 g/mol. The van der Waals surface area contributed by atoms with E-state index in [1.807, 2.05) is 0 Å². The number of hydrogen-bond acceptors (Lipinski definition) is 2. The zero-order valence-corrected chi connectivity index (χ0v) is 12.4. The van der Waals surface area contributed by atoms with Crippen molar-refractivity contribution >= 4 is 5.91 Å². The van der Waals surface area contributed by atoms with Crippen molar-refractivity contribution in [2.45, 2.75) is 38.0 Å². The molecule has 1 aliphatic carbocycles. The Morgan fingerprint density at radius 2 is 2.18 bits per heavy atom. The van der Waals surface area contributed by atoms with Gasteiger partial charge in [-0.25, -0.2) is 8.78 Å². The van der Waals surface area contributed by atoms with Crippen LogP contribution >= 0.6 is 0 Å². The summed E-state index contributed by atoms with van der Waals surface area (Å²) < 4.78 is 26.4. The third-order valence-electron chi connectivity index (χ3n) is 4.73. The Balaban J connectivity index is 1.51. The Morgan fingerprint density at radius 1 is 1.41 bits per heavy atom. The summed E-state index contributed by atoms with van der Waals surface area (Å²) in [5.74, 6) is -3.07. The van der Waals surface area contributed by atoms with Crippen LogP contribution in [0.3, 0.4) is 0 Å². The monoisotopic (exact) mass is 310 g/mol. The number of nitrogens with one attached hydrogen (secondary N) is 1. The number of carbonyl (C=O) groups is 1. The number of H-pyrrole nitrogens is 1. The summed E-state index contributed by atoms with van der Waals surface area (Å²) in [4.78, 5) is 27.5. The second-order valence-electron chi connectivity index (χ2n) is 6.37. The van der Waals surface area contributed by atoms with Crippen molar-refractivity contribution in [1.29, 1.82) is 0 Å². The first-order chi connectivity index (χ1) is 10.5. The van der Waals surface area contributed by atoms with Gasteiger partial charge in [0.25, 0.3) is 5.92 Å². The summed E-state index contributed by atoms with van der Waals surface area (Å²) in [5.41, 5.74) is 0.731. The van der Waals surface area contributed by atoms with Crippen molar-refractivity contribution in [2.24, 2.45) is 11.8 Å². The van der Waals surface area contributed by atoms with Gasteiger partial charge in [0, 0.05) is 44.1 Å². The largest absolute Gasteiger partial charge is 0.342 e. The van der Waals surface area contributed by atoms with E-state index >= 15 is 0 Å². The van der Waals surface area contributed by atoms with E-state index in [0.717, 1.165) is 18.4 Å². The summed E-state index contributed by atoms with van der Waals surface area (Å²) in [7, 11) is 0. The van der Waals surface area contributed by atoms with Crippen LogP contribution in [0.5, 0.6) is 0 Å². The standard InChI is InChI=1S/C16H20F2N2O2/c17-16(18)8-13(16)12-2-1-7-20(10-12)15(22)6-4-11-3-5-14(21)19-9-11/h3,5,9,12-13H,1-2,4,6-8,10H2,(H,19,21). The normalized spacial score (nSPS) is 26.7. The lowest BCUT2D eigenvalue weighted by Gasteiger charge is -2.33. The Hall–Kier alpha value is -1.72. The van der Waals surface area contributed by atoms with Gasteiger partial charge in [0.05, 0.1) is 0 Å². The highest BCUT2D eigenvalue weighted by Gasteiger charge is 2.60. The molecular formula is C16H20F2N2O2. The number of alkyl halides is 2. The van der Waals surface area contributed by atoms with E-state index in [1.54, 1.807) is 17.2 Å². The molecule has 4 nitrogen and oxygen atoms in total. The lowest BCUT2D eigenvalue weighted by atomic mass is 9.92. The smallest absolute Gasteiger partial charge is 0.251 e. The highest BCUT2D eigenvalue weighted by molar-refractivity contribution is 5.76. The van der Waals surface area contributed by atoms with Gasteiger partial charge in [-0.3, -0.25) is 9.59 Å². The molecule has 1 saturated carbocycles. The van der Waals surface area contributed by atoms with Crippen molar-refractivity contribution in [3.05, 3.63) is 34.2 Å². The van der Waals surface area contributed by atoms with E-state index in [4.69, 9.17) is 0 Å². The maximum Gasteiger partial charge on any atom is 0.251 e. The Kier molecular flexibility index (Phi) is 4.02. The third-order valence-corrected chi connectivity index (χ3v) is 4.73. The fraction of sp³-hybridized carbons (Fsp3) is 0.625. The van der Waals surface area contributed by atoms with Crippen molar-refractivity contribution < 1.29 is 13.6 Å². The molecule has 1 amide bonds. The second-order valence-corrected chi connectivity index (χ2v) is 6.37. The molecule has 2 atom stereocenters. The predicted molar refractivity (Wildman–Crippen MR) is 77.7 cm³/mol.